The molecule has 0 aliphatic rings. The van der Waals surface area contributed by atoms with E-state index in [1.165, 1.54) is 0 Å². The normalized spacial score (nSPS) is 11.2. The highest BCUT2D eigenvalue weighted by atomic mass is 16.1. The first kappa shape index (κ1) is 10.4. The lowest BCUT2D eigenvalue weighted by Gasteiger charge is -2.15. The topological polar surface area (TPSA) is 43.1 Å². The van der Waals surface area contributed by atoms with Crippen LogP contribution >= 0.6 is 0 Å². The Balaban J connectivity index is 3.62. The molecule has 0 amide bonds. The number of carbonyl (C=O) groups excluding carboxylic acids is 1. The van der Waals surface area contributed by atoms with Crippen LogP contribution in [0.3, 0.4) is 0 Å². The Labute approximate surface area is 68.5 Å². The molecule has 0 aliphatic heterocycles. The lowest BCUT2D eigenvalue weighted by atomic mass is 9.96. The van der Waals surface area contributed by atoms with Gasteiger partial charge in [0.2, 0.25) is 0 Å². The van der Waals surface area contributed by atoms with Gasteiger partial charge in [-0.05, 0) is 26.7 Å². The molecule has 0 fully saturated rings. The van der Waals surface area contributed by atoms with Gasteiger partial charge in [0.05, 0.1) is 5.54 Å². The fourth-order valence-corrected chi connectivity index (χ4v) is 0.729. The largest absolute Gasteiger partial charge is 0.319 e. The van der Waals surface area contributed by atoms with Crippen LogP contribution in [0.4, 0.5) is 0 Å². The SMILES string of the molecule is C=CCCCC(=O)C(C)(C)N. The molecule has 0 aromatic carbocycles. The summed E-state index contributed by atoms with van der Waals surface area (Å²) in [4.78, 5) is 11.2. The maximum Gasteiger partial charge on any atom is 0.152 e. The first-order chi connectivity index (χ1) is 4.98. The summed E-state index contributed by atoms with van der Waals surface area (Å²) in [7, 11) is 0. The fraction of sp³-hybridized carbons (Fsp3) is 0.667. The van der Waals surface area contributed by atoms with Crippen molar-refractivity contribution in [3.05, 3.63) is 12.7 Å². The maximum absolute atomic E-state index is 11.2. The smallest absolute Gasteiger partial charge is 0.152 e. The molecule has 64 valence electrons. The zero-order valence-electron chi connectivity index (χ0n) is 7.39. The minimum atomic E-state index is -0.666. The third kappa shape index (κ3) is 4.73. The van der Waals surface area contributed by atoms with Crippen molar-refractivity contribution >= 4 is 5.78 Å². The second-order valence-corrected chi connectivity index (χ2v) is 3.33. The maximum atomic E-state index is 11.2. The van der Waals surface area contributed by atoms with E-state index in [0.717, 1.165) is 12.8 Å². The second-order valence-electron chi connectivity index (χ2n) is 3.33. The van der Waals surface area contributed by atoms with E-state index in [2.05, 4.69) is 6.58 Å². The fourth-order valence-electron chi connectivity index (χ4n) is 0.729. The van der Waals surface area contributed by atoms with Crippen LogP contribution in [0.5, 0.6) is 0 Å². The predicted octanol–water partition coefficient (Wildman–Crippen LogP) is 1.65. The summed E-state index contributed by atoms with van der Waals surface area (Å²) in [5.74, 6) is 0.124. The van der Waals surface area contributed by atoms with Gasteiger partial charge in [0.15, 0.2) is 5.78 Å². The summed E-state index contributed by atoms with van der Waals surface area (Å²) in [5, 5.41) is 0. The minimum absolute atomic E-state index is 0.124. The molecule has 0 aliphatic carbocycles. The van der Waals surface area contributed by atoms with E-state index in [1.807, 2.05) is 6.08 Å². The van der Waals surface area contributed by atoms with Crippen molar-refractivity contribution in [3.8, 4) is 0 Å². The molecule has 0 spiro atoms. The van der Waals surface area contributed by atoms with Crippen molar-refractivity contribution in [2.45, 2.75) is 38.6 Å². The molecule has 0 radical (unpaired) electrons. The standard InChI is InChI=1S/C9H17NO/c1-4-5-6-7-8(11)9(2,3)10/h4H,1,5-7,10H2,2-3H3. The van der Waals surface area contributed by atoms with Crippen LogP contribution in [0.25, 0.3) is 0 Å². The third-order valence-electron chi connectivity index (χ3n) is 1.53. The number of ketones is 1. The van der Waals surface area contributed by atoms with Gasteiger partial charge in [0.1, 0.15) is 0 Å². The van der Waals surface area contributed by atoms with Gasteiger partial charge in [0.25, 0.3) is 0 Å². The Kier molecular flexibility index (Phi) is 4.04. The number of Topliss-reactive ketones (excluding diaryl/α,β-unsaturated/α-hetero) is 1. The average Bonchev–Trinajstić information content (AvgIpc) is 1.86. The van der Waals surface area contributed by atoms with Crippen molar-refractivity contribution in [1.29, 1.82) is 0 Å². The Morgan fingerprint density at radius 1 is 1.64 bits per heavy atom. The van der Waals surface area contributed by atoms with E-state index in [0.29, 0.717) is 6.42 Å². The van der Waals surface area contributed by atoms with Gasteiger partial charge in [-0.15, -0.1) is 6.58 Å². The monoisotopic (exact) mass is 155 g/mol. The van der Waals surface area contributed by atoms with Crippen LogP contribution in [0, 0.1) is 0 Å². The van der Waals surface area contributed by atoms with E-state index in [4.69, 9.17) is 5.73 Å². The van der Waals surface area contributed by atoms with Crippen molar-refractivity contribution in [2.75, 3.05) is 0 Å². The van der Waals surface area contributed by atoms with Crippen molar-refractivity contribution < 1.29 is 4.79 Å². The molecule has 11 heavy (non-hydrogen) atoms. The first-order valence-corrected chi connectivity index (χ1v) is 3.91. The summed E-state index contributed by atoms with van der Waals surface area (Å²) < 4.78 is 0. The molecule has 0 saturated heterocycles. The average molecular weight is 155 g/mol. The number of hydrogen-bond acceptors (Lipinski definition) is 2. The van der Waals surface area contributed by atoms with E-state index in [9.17, 15) is 4.79 Å². The molecular weight excluding hydrogens is 138 g/mol. The molecule has 0 atom stereocenters. The van der Waals surface area contributed by atoms with Crippen molar-refractivity contribution in [3.63, 3.8) is 0 Å². The van der Waals surface area contributed by atoms with E-state index in [1.54, 1.807) is 13.8 Å². The summed E-state index contributed by atoms with van der Waals surface area (Å²) >= 11 is 0. The summed E-state index contributed by atoms with van der Waals surface area (Å²) in [6.45, 7) is 7.06. The van der Waals surface area contributed by atoms with Crippen LogP contribution in [0.2, 0.25) is 0 Å². The van der Waals surface area contributed by atoms with E-state index < -0.39 is 5.54 Å². The number of unbranched alkanes of at least 4 members (excludes halogenated alkanes) is 1. The van der Waals surface area contributed by atoms with Gasteiger partial charge >= 0.3 is 0 Å². The Morgan fingerprint density at radius 2 is 2.18 bits per heavy atom. The Hall–Kier alpha value is -0.630. The lowest BCUT2D eigenvalue weighted by Crippen LogP contribution is -2.41. The number of nitrogens with two attached hydrogens (primary N) is 1. The highest BCUT2D eigenvalue weighted by molar-refractivity contribution is 5.87. The molecule has 2 nitrogen and oxygen atoms in total. The van der Waals surface area contributed by atoms with Crippen LogP contribution in [-0.2, 0) is 4.79 Å². The third-order valence-corrected chi connectivity index (χ3v) is 1.53. The minimum Gasteiger partial charge on any atom is -0.319 e. The number of carbonyl (C=O) groups is 1. The van der Waals surface area contributed by atoms with Gasteiger partial charge in [-0.3, -0.25) is 4.79 Å². The van der Waals surface area contributed by atoms with Gasteiger partial charge < -0.3 is 5.73 Å². The molecule has 2 heteroatoms. The zero-order valence-corrected chi connectivity index (χ0v) is 7.39. The molecule has 0 bridgehead atoms. The quantitative estimate of drug-likeness (QED) is 0.484. The van der Waals surface area contributed by atoms with Gasteiger partial charge in [-0.25, -0.2) is 0 Å². The van der Waals surface area contributed by atoms with Crippen LogP contribution in [0.1, 0.15) is 33.1 Å². The van der Waals surface area contributed by atoms with Gasteiger partial charge in [-0.1, -0.05) is 6.08 Å². The zero-order chi connectivity index (χ0) is 8.91. The summed E-state index contributed by atoms with van der Waals surface area (Å²) in [5.41, 5.74) is 4.92. The summed E-state index contributed by atoms with van der Waals surface area (Å²) in [6.07, 6.45) is 4.14. The van der Waals surface area contributed by atoms with Gasteiger partial charge in [0, 0.05) is 6.42 Å². The number of hydrogen-bond donors (Lipinski definition) is 1. The summed E-state index contributed by atoms with van der Waals surface area (Å²) in [6, 6.07) is 0. The van der Waals surface area contributed by atoms with E-state index >= 15 is 0 Å². The second kappa shape index (κ2) is 4.29. The first-order valence-electron chi connectivity index (χ1n) is 3.91. The molecule has 0 aromatic rings. The molecular formula is C9H17NO. The molecule has 0 unspecified atom stereocenters. The number of rotatable bonds is 5. The molecule has 0 rings (SSSR count). The van der Waals surface area contributed by atoms with Crippen molar-refractivity contribution in [1.82, 2.24) is 0 Å². The van der Waals surface area contributed by atoms with Crippen LogP contribution in [0.15, 0.2) is 12.7 Å². The predicted molar refractivity (Wildman–Crippen MR) is 47.3 cm³/mol. The highest BCUT2D eigenvalue weighted by Gasteiger charge is 2.20. The van der Waals surface area contributed by atoms with E-state index in [-0.39, 0.29) is 5.78 Å². The lowest BCUT2D eigenvalue weighted by molar-refractivity contribution is -0.123. The van der Waals surface area contributed by atoms with Crippen molar-refractivity contribution in [2.24, 2.45) is 5.73 Å². The van der Waals surface area contributed by atoms with Crippen LogP contribution < -0.4 is 5.73 Å². The Bertz CT molecular complexity index is 144. The molecule has 2 N–H and O–H groups in total. The number of allylic oxidation sites excluding steroid dienone is 1. The van der Waals surface area contributed by atoms with Gasteiger partial charge in [-0.2, -0.15) is 0 Å². The van der Waals surface area contributed by atoms with Crippen LogP contribution in [-0.4, -0.2) is 11.3 Å². The molecule has 0 aromatic heterocycles. The Morgan fingerprint density at radius 3 is 2.55 bits per heavy atom. The highest BCUT2D eigenvalue weighted by Crippen LogP contribution is 2.06. The molecule has 0 saturated carbocycles. The molecule has 0 heterocycles.